The van der Waals surface area contributed by atoms with E-state index in [2.05, 4.69) is 4.90 Å². The Balaban J connectivity index is 1.73. The lowest BCUT2D eigenvalue weighted by Crippen LogP contribution is -2.32. The molecule has 2 aliphatic heterocycles. The molecule has 22 heavy (non-hydrogen) atoms. The minimum Gasteiger partial charge on any atom is -0.392 e. The molecule has 0 amide bonds. The molecule has 0 spiro atoms. The first-order valence-electron chi connectivity index (χ1n) is 7.64. The summed E-state index contributed by atoms with van der Waals surface area (Å²) in [5.74, 6) is 0. The molecule has 3 atom stereocenters. The van der Waals surface area contributed by atoms with Gasteiger partial charge in [-0.1, -0.05) is 12.1 Å². The van der Waals surface area contributed by atoms with Crippen molar-refractivity contribution < 1.29 is 23.0 Å². The van der Waals surface area contributed by atoms with Crippen LogP contribution in [0, 0.1) is 0 Å². The van der Waals surface area contributed by atoms with Crippen molar-refractivity contribution in [3.8, 4) is 0 Å². The van der Waals surface area contributed by atoms with Gasteiger partial charge in [-0.3, -0.25) is 4.90 Å². The molecule has 0 unspecified atom stereocenters. The number of alkyl halides is 3. The molecule has 0 aromatic heterocycles. The molecule has 0 aliphatic carbocycles. The van der Waals surface area contributed by atoms with Gasteiger partial charge in [-0.25, -0.2) is 0 Å². The molecule has 1 aromatic rings. The Morgan fingerprint density at radius 2 is 1.95 bits per heavy atom. The summed E-state index contributed by atoms with van der Waals surface area (Å²) in [6.45, 7) is 2.04. The molecule has 1 N–H and O–H groups in total. The van der Waals surface area contributed by atoms with E-state index in [9.17, 15) is 18.3 Å². The summed E-state index contributed by atoms with van der Waals surface area (Å²) in [5, 5.41) is 9.93. The molecule has 0 radical (unpaired) electrons. The van der Waals surface area contributed by atoms with Crippen molar-refractivity contribution in [2.75, 3.05) is 19.7 Å². The minimum absolute atomic E-state index is 0.0403. The number of rotatable bonds is 3. The van der Waals surface area contributed by atoms with Crippen molar-refractivity contribution in [2.45, 2.75) is 43.7 Å². The fraction of sp³-hybridized carbons (Fsp3) is 0.625. The highest BCUT2D eigenvalue weighted by Crippen LogP contribution is 2.35. The standard InChI is InChI=1S/C16H20F3NO2/c17-16(18,19)12-5-3-11(4-6-12)15-8-13(21)9-20(15)10-14-2-1-7-22-14/h3-6,13-15,21H,1-2,7-10H2/t13-,14+,15+/m1/s1. The van der Waals surface area contributed by atoms with Crippen molar-refractivity contribution >= 4 is 0 Å². The van der Waals surface area contributed by atoms with Crippen molar-refractivity contribution in [1.82, 2.24) is 4.90 Å². The second kappa shape index (κ2) is 6.18. The Bertz CT molecular complexity index is 497. The summed E-state index contributed by atoms with van der Waals surface area (Å²) in [7, 11) is 0. The van der Waals surface area contributed by atoms with Crippen LogP contribution in [-0.4, -0.2) is 41.9 Å². The highest BCUT2D eigenvalue weighted by Gasteiger charge is 2.35. The third kappa shape index (κ3) is 3.45. The molecular formula is C16H20F3NO2. The summed E-state index contributed by atoms with van der Waals surface area (Å²) in [6, 6.07) is 5.23. The van der Waals surface area contributed by atoms with E-state index in [1.165, 1.54) is 12.1 Å². The van der Waals surface area contributed by atoms with Crippen LogP contribution in [0.2, 0.25) is 0 Å². The molecule has 2 heterocycles. The normalized spacial score (nSPS) is 30.1. The van der Waals surface area contributed by atoms with Gasteiger partial charge < -0.3 is 9.84 Å². The Hall–Kier alpha value is -1.11. The van der Waals surface area contributed by atoms with E-state index in [1.54, 1.807) is 0 Å². The van der Waals surface area contributed by atoms with Crippen LogP contribution >= 0.6 is 0 Å². The van der Waals surface area contributed by atoms with Crippen LogP contribution < -0.4 is 0 Å². The number of nitrogens with zero attached hydrogens (tertiary/aromatic N) is 1. The SMILES string of the molecule is O[C@@H]1C[C@@H](c2ccc(C(F)(F)F)cc2)N(C[C@@H]2CCCO2)C1. The number of hydrogen-bond acceptors (Lipinski definition) is 3. The van der Waals surface area contributed by atoms with Gasteiger partial charge in [-0.05, 0) is 37.0 Å². The minimum atomic E-state index is -4.31. The second-order valence-electron chi connectivity index (χ2n) is 6.11. The molecule has 3 rings (SSSR count). The lowest BCUT2D eigenvalue weighted by atomic mass is 10.0. The van der Waals surface area contributed by atoms with Gasteiger partial charge in [0.25, 0.3) is 0 Å². The van der Waals surface area contributed by atoms with Gasteiger partial charge in [0.2, 0.25) is 0 Å². The monoisotopic (exact) mass is 315 g/mol. The molecule has 2 aliphatic rings. The highest BCUT2D eigenvalue weighted by molar-refractivity contribution is 5.27. The Kier molecular flexibility index (Phi) is 4.43. The third-order valence-electron chi connectivity index (χ3n) is 4.47. The van der Waals surface area contributed by atoms with Crippen LogP contribution in [0.15, 0.2) is 24.3 Å². The number of aliphatic hydroxyl groups is 1. The lowest BCUT2D eigenvalue weighted by molar-refractivity contribution is -0.137. The van der Waals surface area contributed by atoms with Crippen LogP contribution in [0.5, 0.6) is 0 Å². The van der Waals surface area contributed by atoms with Crippen molar-refractivity contribution in [2.24, 2.45) is 0 Å². The number of β-amino-alcohol motifs (C(OH)–C–C–N with tert-alkyl or cyclic N) is 1. The molecule has 122 valence electrons. The van der Waals surface area contributed by atoms with Gasteiger partial charge in [0.05, 0.1) is 17.8 Å². The maximum atomic E-state index is 12.6. The summed E-state index contributed by atoms with van der Waals surface area (Å²) in [5.41, 5.74) is 0.183. The molecule has 2 saturated heterocycles. The molecule has 3 nitrogen and oxygen atoms in total. The van der Waals surface area contributed by atoms with Gasteiger partial charge in [0.15, 0.2) is 0 Å². The van der Waals surface area contributed by atoms with E-state index in [0.717, 1.165) is 43.7 Å². The third-order valence-corrected chi connectivity index (χ3v) is 4.47. The van der Waals surface area contributed by atoms with Crippen molar-refractivity contribution in [1.29, 1.82) is 0 Å². The zero-order valence-electron chi connectivity index (χ0n) is 12.2. The fourth-order valence-corrected chi connectivity index (χ4v) is 3.37. The Morgan fingerprint density at radius 1 is 1.23 bits per heavy atom. The molecule has 6 heteroatoms. The predicted molar refractivity (Wildman–Crippen MR) is 75.4 cm³/mol. The lowest BCUT2D eigenvalue weighted by Gasteiger charge is -2.27. The van der Waals surface area contributed by atoms with E-state index < -0.39 is 17.8 Å². The van der Waals surface area contributed by atoms with Crippen LogP contribution in [0.1, 0.15) is 36.4 Å². The number of aliphatic hydroxyl groups excluding tert-OH is 1. The summed E-state index contributed by atoms with van der Waals surface area (Å²) >= 11 is 0. The fourth-order valence-electron chi connectivity index (χ4n) is 3.37. The molecule has 2 fully saturated rings. The number of ether oxygens (including phenoxy) is 1. The van der Waals surface area contributed by atoms with E-state index in [-0.39, 0.29) is 12.1 Å². The summed E-state index contributed by atoms with van der Waals surface area (Å²) in [6.07, 6.45) is -1.97. The number of likely N-dealkylation sites (tertiary alicyclic amines) is 1. The van der Waals surface area contributed by atoms with Gasteiger partial charge in [-0.15, -0.1) is 0 Å². The maximum Gasteiger partial charge on any atom is 0.416 e. The van der Waals surface area contributed by atoms with Gasteiger partial charge in [-0.2, -0.15) is 13.2 Å². The van der Waals surface area contributed by atoms with E-state index >= 15 is 0 Å². The zero-order chi connectivity index (χ0) is 15.7. The first-order chi connectivity index (χ1) is 10.4. The second-order valence-corrected chi connectivity index (χ2v) is 6.11. The molecule has 1 aromatic carbocycles. The Labute approximate surface area is 127 Å². The first kappa shape index (κ1) is 15.8. The smallest absolute Gasteiger partial charge is 0.392 e. The van der Waals surface area contributed by atoms with Gasteiger partial charge in [0, 0.05) is 25.7 Å². The molecular weight excluding hydrogens is 295 g/mol. The van der Waals surface area contributed by atoms with Gasteiger partial charge in [0.1, 0.15) is 0 Å². The number of hydrogen-bond donors (Lipinski definition) is 1. The topological polar surface area (TPSA) is 32.7 Å². The largest absolute Gasteiger partial charge is 0.416 e. The van der Waals surface area contributed by atoms with E-state index in [0.29, 0.717) is 13.0 Å². The van der Waals surface area contributed by atoms with Crippen LogP contribution in [-0.2, 0) is 10.9 Å². The van der Waals surface area contributed by atoms with Crippen LogP contribution in [0.25, 0.3) is 0 Å². The van der Waals surface area contributed by atoms with Crippen LogP contribution in [0.4, 0.5) is 13.2 Å². The maximum absolute atomic E-state index is 12.6. The molecule has 0 bridgehead atoms. The average Bonchev–Trinajstić information content (AvgIpc) is 3.08. The molecule has 0 saturated carbocycles. The van der Waals surface area contributed by atoms with E-state index in [4.69, 9.17) is 4.74 Å². The quantitative estimate of drug-likeness (QED) is 0.931. The van der Waals surface area contributed by atoms with Crippen molar-refractivity contribution in [3.05, 3.63) is 35.4 Å². The van der Waals surface area contributed by atoms with Crippen LogP contribution in [0.3, 0.4) is 0 Å². The first-order valence-corrected chi connectivity index (χ1v) is 7.64. The highest BCUT2D eigenvalue weighted by atomic mass is 19.4. The Morgan fingerprint density at radius 3 is 2.55 bits per heavy atom. The summed E-state index contributed by atoms with van der Waals surface area (Å²) < 4.78 is 43.5. The number of benzene rings is 1. The van der Waals surface area contributed by atoms with E-state index in [1.807, 2.05) is 0 Å². The number of halogens is 3. The van der Waals surface area contributed by atoms with Gasteiger partial charge >= 0.3 is 6.18 Å². The predicted octanol–water partition coefficient (Wildman–Crippen LogP) is 2.99. The zero-order valence-corrected chi connectivity index (χ0v) is 12.2. The summed E-state index contributed by atoms with van der Waals surface area (Å²) in [4.78, 5) is 2.13. The average molecular weight is 315 g/mol. The van der Waals surface area contributed by atoms with Crippen molar-refractivity contribution in [3.63, 3.8) is 0 Å².